The van der Waals surface area contributed by atoms with Gasteiger partial charge in [0.05, 0.1) is 16.4 Å². The number of rotatable bonds is 2. The highest BCUT2D eigenvalue weighted by molar-refractivity contribution is 7.26. The van der Waals surface area contributed by atoms with Crippen molar-refractivity contribution < 1.29 is 28.4 Å². The second-order valence-electron chi connectivity index (χ2n) is 15.7. The summed E-state index contributed by atoms with van der Waals surface area (Å²) < 4.78 is 38.4. The van der Waals surface area contributed by atoms with Crippen LogP contribution in [0.3, 0.4) is 0 Å². The minimum atomic E-state index is -0.0801. The van der Waals surface area contributed by atoms with E-state index >= 15 is 0 Å². The molecular formula is C44H39BN2O6S. The number of anilines is 6. The average Bonchev–Trinajstić information content (AvgIpc) is 3.56. The van der Waals surface area contributed by atoms with Gasteiger partial charge in [-0.2, -0.15) is 0 Å². The molecule has 0 saturated heterocycles. The molecule has 8 nitrogen and oxygen atoms in total. The van der Waals surface area contributed by atoms with Gasteiger partial charge in [0, 0.05) is 39.5 Å². The Morgan fingerprint density at radius 3 is 2.04 bits per heavy atom. The van der Waals surface area contributed by atoms with Crippen LogP contribution in [0.25, 0.3) is 10.1 Å². The molecule has 6 heterocycles. The Labute approximate surface area is 318 Å². The lowest BCUT2D eigenvalue weighted by atomic mass is 9.33. The molecule has 270 valence electrons. The topological polar surface area (TPSA) is 61.9 Å². The van der Waals surface area contributed by atoms with Crippen LogP contribution in [0.1, 0.15) is 37.5 Å². The van der Waals surface area contributed by atoms with Crippen LogP contribution < -0.4 is 54.6 Å². The summed E-state index contributed by atoms with van der Waals surface area (Å²) in [6, 6.07) is 26.6. The van der Waals surface area contributed by atoms with E-state index in [1.165, 1.54) is 37.0 Å². The molecule has 1 aromatic heterocycles. The summed E-state index contributed by atoms with van der Waals surface area (Å²) in [5.74, 6) is 4.67. The third kappa shape index (κ3) is 4.55. The van der Waals surface area contributed by atoms with Crippen molar-refractivity contribution in [3.63, 3.8) is 0 Å². The molecule has 0 fully saturated rings. The van der Waals surface area contributed by atoms with E-state index in [2.05, 4.69) is 111 Å². The van der Waals surface area contributed by atoms with E-state index < -0.39 is 0 Å². The van der Waals surface area contributed by atoms with E-state index in [9.17, 15) is 0 Å². The quantitative estimate of drug-likeness (QED) is 0.165. The van der Waals surface area contributed by atoms with Gasteiger partial charge in [0.15, 0.2) is 34.5 Å². The molecule has 0 N–H and O–H groups in total. The van der Waals surface area contributed by atoms with Gasteiger partial charge < -0.3 is 38.2 Å². The molecular weight excluding hydrogens is 695 g/mol. The van der Waals surface area contributed by atoms with Crippen molar-refractivity contribution in [2.24, 2.45) is 0 Å². The third-order valence-electron chi connectivity index (χ3n) is 11.4. The number of thiophene rings is 1. The zero-order valence-corrected chi connectivity index (χ0v) is 31.8. The fourth-order valence-corrected chi connectivity index (χ4v) is 10.2. The van der Waals surface area contributed by atoms with Gasteiger partial charge >= 0.3 is 0 Å². The number of aryl methyl sites for hydroxylation is 1. The second kappa shape index (κ2) is 11.5. The number of hydrogen-bond acceptors (Lipinski definition) is 9. The first-order valence-corrected chi connectivity index (χ1v) is 19.6. The zero-order valence-electron chi connectivity index (χ0n) is 31.0. The van der Waals surface area contributed by atoms with Crippen LogP contribution in [-0.4, -0.2) is 46.4 Å². The van der Waals surface area contributed by atoms with E-state index in [4.69, 9.17) is 28.4 Å². The summed E-state index contributed by atoms with van der Waals surface area (Å²) in [7, 11) is 0. The molecule has 6 aromatic rings. The lowest BCUT2D eigenvalue weighted by Crippen LogP contribution is -2.61. The molecule has 0 bridgehead atoms. The maximum Gasteiger partial charge on any atom is 0.254 e. The third-order valence-corrected chi connectivity index (χ3v) is 12.5. The molecule has 5 aliphatic heterocycles. The maximum atomic E-state index is 6.32. The molecule has 5 aromatic carbocycles. The van der Waals surface area contributed by atoms with E-state index in [0.29, 0.717) is 39.6 Å². The smallest absolute Gasteiger partial charge is 0.254 e. The number of ether oxygens (including phenoxy) is 6. The van der Waals surface area contributed by atoms with Crippen LogP contribution >= 0.6 is 11.3 Å². The lowest BCUT2D eigenvalue weighted by molar-refractivity contribution is 0.170. The maximum absolute atomic E-state index is 6.32. The van der Waals surface area contributed by atoms with Crippen molar-refractivity contribution in [2.45, 2.75) is 40.0 Å². The molecule has 0 radical (unpaired) electrons. The molecule has 54 heavy (non-hydrogen) atoms. The molecule has 11 rings (SSSR count). The van der Waals surface area contributed by atoms with Gasteiger partial charge in [-0.15, -0.1) is 11.3 Å². The molecule has 0 aliphatic carbocycles. The van der Waals surface area contributed by atoms with E-state index in [1.54, 1.807) is 0 Å². The van der Waals surface area contributed by atoms with Gasteiger partial charge in [0.2, 0.25) is 0 Å². The van der Waals surface area contributed by atoms with Gasteiger partial charge in [-0.1, -0.05) is 39.0 Å². The molecule has 10 heteroatoms. The Bertz CT molecular complexity index is 2580. The Kier molecular flexibility index (Phi) is 6.82. The lowest BCUT2D eigenvalue weighted by Gasteiger charge is -2.44. The molecule has 0 amide bonds. The highest BCUT2D eigenvalue weighted by Gasteiger charge is 2.47. The first kappa shape index (κ1) is 32.0. The molecule has 0 atom stereocenters. The first-order chi connectivity index (χ1) is 26.2. The van der Waals surface area contributed by atoms with Crippen LogP contribution in [0, 0.1) is 13.8 Å². The summed E-state index contributed by atoms with van der Waals surface area (Å²) in [5.41, 5.74) is 12.6. The minimum absolute atomic E-state index is 0.0206. The fraction of sp³-hybridized carbons (Fsp3) is 0.273. The van der Waals surface area contributed by atoms with E-state index in [-0.39, 0.29) is 12.1 Å². The number of benzene rings is 5. The summed E-state index contributed by atoms with van der Waals surface area (Å²) in [4.78, 5) is 4.86. The molecule has 5 aliphatic rings. The highest BCUT2D eigenvalue weighted by atomic mass is 32.1. The van der Waals surface area contributed by atoms with Crippen molar-refractivity contribution in [1.29, 1.82) is 0 Å². The summed E-state index contributed by atoms with van der Waals surface area (Å²) in [5, 5.41) is 2.49. The number of fused-ring (bicyclic) bond motifs is 9. The molecule has 0 saturated carbocycles. The van der Waals surface area contributed by atoms with Crippen molar-refractivity contribution >= 4 is 78.0 Å². The fourth-order valence-electron chi connectivity index (χ4n) is 8.97. The minimum Gasteiger partial charge on any atom is -0.486 e. The van der Waals surface area contributed by atoms with Crippen LogP contribution in [0.2, 0.25) is 0 Å². The van der Waals surface area contributed by atoms with Crippen molar-refractivity contribution in [2.75, 3.05) is 49.4 Å². The average molecular weight is 735 g/mol. The summed E-state index contributed by atoms with van der Waals surface area (Å²) in [6.07, 6.45) is 0. The Balaban J connectivity index is 1.25. The second-order valence-corrected chi connectivity index (χ2v) is 16.7. The van der Waals surface area contributed by atoms with Crippen molar-refractivity contribution in [3.8, 4) is 34.5 Å². The van der Waals surface area contributed by atoms with Crippen molar-refractivity contribution in [3.05, 3.63) is 89.5 Å². The Hall–Kier alpha value is -5.48. The predicted molar refractivity (Wildman–Crippen MR) is 217 cm³/mol. The number of nitrogens with zero attached hydrogens (tertiary/aromatic N) is 2. The SMILES string of the molecule is Cc1cc2c(c(C)c1N1c3cccc4c3B(c3cc5c(cc3N4c3ccc4c(c3)OCCO4)OCCO5)c3c1sc1ccc(C(C)(C)C)cc31)OCCO2. The van der Waals surface area contributed by atoms with Crippen LogP contribution in [-0.2, 0) is 5.41 Å². The van der Waals surface area contributed by atoms with Gasteiger partial charge in [-0.3, -0.25) is 0 Å². The monoisotopic (exact) mass is 734 g/mol. The largest absolute Gasteiger partial charge is 0.486 e. The zero-order chi connectivity index (χ0) is 36.5. The van der Waals surface area contributed by atoms with Crippen LogP contribution in [0.15, 0.2) is 72.8 Å². The van der Waals surface area contributed by atoms with Gasteiger partial charge in [0.25, 0.3) is 6.71 Å². The summed E-state index contributed by atoms with van der Waals surface area (Å²) in [6.45, 7) is 14.3. The molecule has 0 unspecified atom stereocenters. The summed E-state index contributed by atoms with van der Waals surface area (Å²) >= 11 is 1.86. The van der Waals surface area contributed by atoms with E-state index in [1.807, 2.05) is 17.4 Å². The Morgan fingerprint density at radius 1 is 0.611 bits per heavy atom. The normalized spacial score (nSPS) is 16.2. The van der Waals surface area contributed by atoms with Crippen molar-refractivity contribution in [1.82, 2.24) is 0 Å². The van der Waals surface area contributed by atoms with Crippen LogP contribution in [0.4, 0.5) is 33.4 Å². The van der Waals surface area contributed by atoms with E-state index in [0.717, 1.165) is 74.1 Å². The standard InChI is InChI=1S/C44H39BN2O6S/c1-24-19-37-42(53-18-17-52-37)25(2)41(24)47-31-8-6-7-30-40(31)45(39-28-20-26(44(3,4)5)9-12-38(28)54-43(39)47)29-22-35-36(51-16-15-50-35)23-32(29)46(30)27-10-11-33-34(21-27)49-14-13-48-33/h6-12,19-23H,13-18H2,1-5H3. The number of hydrogen-bond donors (Lipinski definition) is 0. The first-order valence-electron chi connectivity index (χ1n) is 18.8. The van der Waals surface area contributed by atoms with Gasteiger partial charge in [0.1, 0.15) is 39.6 Å². The Morgan fingerprint density at radius 2 is 1.28 bits per heavy atom. The van der Waals surface area contributed by atoms with Crippen LogP contribution in [0.5, 0.6) is 34.5 Å². The van der Waals surface area contributed by atoms with Gasteiger partial charge in [-0.05, 0) is 94.6 Å². The van der Waals surface area contributed by atoms with Gasteiger partial charge in [-0.25, -0.2) is 0 Å². The predicted octanol–water partition coefficient (Wildman–Crippen LogP) is 8.21. The highest BCUT2D eigenvalue weighted by Crippen LogP contribution is 2.53. The molecule has 0 spiro atoms.